The molecular weight excluding hydrogens is 163 g/mol. The highest BCUT2D eigenvalue weighted by Crippen LogP contribution is 2.19. The molecule has 0 aliphatic heterocycles. The first-order valence-corrected chi connectivity index (χ1v) is 3.18. The second-order valence-electron chi connectivity index (χ2n) is 1.85. The smallest absolute Gasteiger partial charge is 0.302 e. The number of alkyl halides is 2. The molecular formula is C5H8Cl2O2. The number of carbonyl (C=O) groups is 1. The van der Waals surface area contributed by atoms with E-state index in [1.165, 1.54) is 6.92 Å². The van der Waals surface area contributed by atoms with E-state index < -0.39 is 4.33 Å². The summed E-state index contributed by atoms with van der Waals surface area (Å²) in [5, 5.41) is 0. The van der Waals surface area contributed by atoms with E-state index in [0.29, 0.717) is 0 Å². The highest BCUT2D eigenvalue weighted by molar-refractivity contribution is 6.48. The van der Waals surface area contributed by atoms with Crippen LogP contribution in [0.15, 0.2) is 0 Å². The summed E-state index contributed by atoms with van der Waals surface area (Å²) in [4.78, 5) is 10.2. The average molecular weight is 171 g/mol. The summed E-state index contributed by atoms with van der Waals surface area (Å²) in [6, 6.07) is 0. The third-order valence-electron chi connectivity index (χ3n) is 0.529. The SMILES string of the molecule is CC(=O)OCC(C)(Cl)Cl. The second-order valence-corrected chi connectivity index (χ2v) is 3.71. The number of carbonyl (C=O) groups excluding carboxylic acids is 1. The largest absolute Gasteiger partial charge is 0.463 e. The fraction of sp³-hybridized carbons (Fsp3) is 0.800. The van der Waals surface area contributed by atoms with E-state index in [-0.39, 0.29) is 12.6 Å². The highest BCUT2D eigenvalue weighted by atomic mass is 35.5. The summed E-state index contributed by atoms with van der Waals surface area (Å²) < 4.78 is 3.54. The van der Waals surface area contributed by atoms with Crippen molar-refractivity contribution < 1.29 is 9.53 Å². The minimum absolute atomic E-state index is 0.0332. The first kappa shape index (κ1) is 9.05. The average Bonchev–Trinajstić information content (AvgIpc) is 1.59. The van der Waals surface area contributed by atoms with Crippen LogP contribution in [-0.4, -0.2) is 16.9 Å². The van der Waals surface area contributed by atoms with E-state index in [2.05, 4.69) is 4.74 Å². The van der Waals surface area contributed by atoms with Crippen LogP contribution >= 0.6 is 23.2 Å². The Balaban J connectivity index is 3.39. The fourth-order valence-electron chi connectivity index (χ4n) is 0.228. The van der Waals surface area contributed by atoms with E-state index >= 15 is 0 Å². The van der Waals surface area contributed by atoms with Gasteiger partial charge in [0.25, 0.3) is 0 Å². The quantitative estimate of drug-likeness (QED) is 0.467. The number of esters is 1. The Bertz CT molecular complexity index is 106. The van der Waals surface area contributed by atoms with Crippen LogP contribution in [0.3, 0.4) is 0 Å². The predicted octanol–water partition coefficient (Wildman–Crippen LogP) is 1.74. The Morgan fingerprint density at radius 3 is 2.22 bits per heavy atom. The van der Waals surface area contributed by atoms with Crippen molar-refractivity contribution in [3.8, 4) is 0 Å². The van der Waals surface area contributed by atoms with Crippen molar-refractivity contribution in [3.63, 3.8) is 0 Å². The monoisotopic (exact) mass is 170 g/mol. The van der Waals surface area contributed by atoms with Gasteiger partial charge < -0.3 is 4.74 Å². The minimum atomic E-state index is -0.967. The Morgan fingerprint density at radius 1 is 1.67 bits per heavy atom. The molecule has 2 nitrogen and oxygen atoms in total. The Morgan fingerprint density at radius 2 is 2.11 bits per heavy atom. The van der Waals surface area contributed by atoms with Gasteiger partial charge in [0.05, 0.1) is 0 Å². The van der Waals surface area contributed by atoms with Gasteiger partial charge in [-0.05, 0) is 6.92 Å². The molecule has 0 amide bonds. The van der Waals surface area contributed by atoms with E-state index in [1.54, 1.807) is 6.92 Å². The first-order valence-electron chi connectivity index (χ1n) is 2.43. The van der Waals surface area contributed by atoms with Crippen LogP contribution in [0.2, 0.25) is 0 Å². The Hall–Kier alpha value is 0.0500. The predicted molar refractivity (Wildman–Crippen MR) is 36.7 cm³/mol. The summed E-state index contributed by atoms with van der Waals surface area (Å²) in [7, 11) is 0. The van der Waals surface area contributed by atoms with Crippen LogP contribution < -0.4 is 0 Å². The van der Waals surface area contributed by atoms with Gasteiger partial charge in [-0.25, -0.2) is 0 Å². The lowest BCUT2D eigenvalue weighted by Gasteiger charge is -2.11. The van der Waals surface area contributed by atoms with Crippen LogP contribution in [0.4, 0.5) is 0 Å². The van der Waals surface area contributed by atoms with Crippen molar-refractivity contribution in [2.75, 3.05) is 6.61 Å². The molecule has 0 atom stereocenters. The minimum Gasteiger partial charge on any atom is -0.463 e. The third kappa shape index (κ3) is 8.05. The zero-order chi connectivity index (χ0) is 7.49. The molecule has 0 aliphatic carbocycles. The van der Waals surface area contributed by atoms with Crippen molar-refractivity contribution in [1.82, 2.24) is 0 Å². The van der Waals surface area contributed by atoms with Crippen LogP contribution in [0.25, 0.3) is 0 Å². The normalized spacial score (nSPS) is 11.1. The van der Waals surface area contributed by atoms with Crippen molar-refractivity contribution in [2.45, 2.75) is 18.2 Å². The molecule has 0 spiro atoms. The Labute approximate surface area is 64.1 Å². The van der Waals surface area contributed by atoms with Crippen LogP contribution in [0.5, 0.6) is 0 Å². The van der Waals surface area contributed by atoms with Gasteiger partial charge >= 0.3 is 5.97 Å². The molecule has 0 heterocycles. The molecule has 0 aromatic rings. The standard InChI is InChI=1S/C5H8Cl2O2/c1-4(8)9-3-5(2,6)7/h3H2,1-2H3. The van der Waals surface area contributed by atoms with E-state index in [1.807, 2.05) is 0 Å². The summed E-state index contributed by atoms with van der Waals surface area (Å²) in [6.45, 7) is 2.89. The highest BCUT2D eigenvalue weighted by Gasteiger charge is 2.17. The van der Waals surface area contributed by atoms with E-state index in [0.717, 1.165) is 0 Å². The summed E-state index contributed by atoms with van der Waals surface area (Å²) in [6.07, 6.45) is 0. The number of ether oxygens (including phenoxy) is 1. The first-order chi connectivity index (χ1) is 3.92. The summed E-state index contributed by atoms with van der Waals surface area (Å²) >= 11 is 10.9. The summed E-state index contributed by atoms with van der Waals surface area (Å²) in [5.41, 5.74) is 0. The number of rotatable bonds is 2. The third-order valence-corrected chi connectivity index (χ3v) is 0.747. The maximum absolute atomic E-state index is 10.2. The fourth-order valence-corrected chi connectivity index (χ4v) is 0.337. The number of hydrogen-bond acceptors (Lipinski definition) is 2. The molecule has 0 N–H and O–H groups in total. The van der Waals surface area contributed by atoms with Gasteiger partial charge in [0, 0.05) is 6.92 Å². The molecule has 0 fully saturated rings. The van der Waals surface area contributed by atoms with Crippen LogP contribution in [0, 0.1) is 0 Å². The van der Waals surface area contributed by atoms with Crippen molar-refractivity contribution >= 4 is 29.2 Å². The number of halogens is 2. The lowest BCUT2D eigenvalue weighted by molar-refractivity contribution is -0.141. The molecule has 0 rings (SSSR count). The molecule has 0 aromatic carbocycles. The molecule has 0 saturated heterocycles. The van der Waals surface area contributed by atoms with Crippen molar-refractivity contribution in [2.24, 2.45) is 0 Å². The molecule has 0 saturated carbocycles. The molecule has 0 unspecified atom stereocenters. The van der Waals surface area contributed by atoms with Gasteiger partial charge in [0.1, 0.15) is 10.9 Å². The van der Waals surface area contributed by atoms with Gasteiger partial charge in [-0.2, -0.15) is 0 Å². The molecule has 0 aromatic heterocycles. The van der Waals surface area contributed by atoms with E-state index in [4.69, 9.17) is 23.2 Å². The lowest BCUT2D eigenvalue weighted by Crippen LogP contribution is -2.17. The van der Waals surface area contributed by atoms with Gasteiger partial charge in [-0.15, -0.1) is 0 Å². The molecule has 4 heteroatoms. The molecule has 0 radical (unpaired) electrons. The maximum Gasteiger partial charge on any atom is 0.302 e. The van der Waals surface area contributed by atoms with Crippen LogP contribution in [0.1, 0.15) is 13.8 Å². The molecule has 0 aliphatic rings. The second kappa shape index (κ2) is 3.28. The number of hydrogen-bond donors (Lipinski definition) is 0. The molecule has 9 heavy (non-hydrogen) atoms. The Kier molecular flexibility index (Phi) is 3.30. The zero-order valence-corrected chi connectivity index (χ0v) is 6.79. The van der Waals surface area contributed by atoms with Crippen molar-refractivity contribution in [3.05, 3.63) is 0 Å². The molecule has 54 valence electrons. The lowest BCUT2D eigenvalue weighted by atomic mass is 10.5. The van der Waals surface area contributed by atoms with E-state index in [9.17, 15) is 4.79 Å². The maximum atomic E-state index is 10.2. The van der Waals surface area contributed by atoms with Gasteiger partial charge in [0.15, 0.2) is 0 Å². The summed E-state index contributed by atoms with van der Waals surface area (Å²) in [5.74, 6) is -0.373. The van der Waals surface area contributed by atoms with Gasteiger partial charge in [-0.1, -0.05) is 23.2 Å². The zero-order valence-electron chi connectivity index (χ0n) is 5.28. The molecule has 0 bridgehead atoms. The van der Waals surface area contributed by atoms with Gasteiger partial charge in [-0.3, -0.25) is 4.79 Å². The van der Waals surface area contributed by atoms with Crippen molar-refractivity contribution in [1.29, 1.82) is 0 Å². The topological polar surface area (TPSA) is 26.3 Å². The van der Waals surface area contributed by atoms with Gasteiger partial charge in [0.2, 0.25) is 0 Å². The van der Waals surface area contributed by atoms with Crippen LogP contribution in [-0.2, 0) is 9.53 Å².